The number of benzene rings is 1. The molecule has 0 fully saturated rings. The molecule has 0 saturated carbocycles. The van der Waals surface area contributed by atoms with Gasteiger partial charge in [-0.1, -0.05) is 19.1 Å². The van der Waals surface area contributed by atoms with Crippen LogP contribution in [-0.4, -0.2) is 24.1 Å². The molecule has 2 amide bonds. The molecular weight excluding hydrogens is 262 g/mol. The van der Waals surface area contributed by atoms with E-state index < -0.39 is 0 Å². The number of amides is 2. The fraction of sp³-hybridized carbons (Fsp3) is 0.385. The Morgan fingerprint density at radius 1 is 1.37 bits per heavy atom. The number of carbonyl (C=O) groups is 2. The molecular formula is C13H19N3O2S. The second-order valence-corrected chi connectivity index (χ2v) is 5.36. The molecule has 1 atom stereocenters. The van der Waals surface area contributed by atoms with Crippen LogP contribution in [0.4, 0.5) is 5.69 Å². The highest BCUT2D eigenvalue weighted by molar-refractivity contribution is 8.00. The average Bonchev–Trinajstić information content (AvgIpc) is 2.37. The van der Waals surface area contributed by atoms with Crippen molar-refractivity contribution >= 4 is 29.3 Å². The molecule has 0 aliphatic rings. The minimum atomic E-state index is -0.386. The molecule has 0 spiro atoms. The van der Waals surface area contributed by atoms with E-state index in [1.807, 2.05) is 25.1 Å². The highest BCUT2D eigenvalue weighted by atomic mass is 32.2. The maximum atomic E-state index is 11.8. The number of primary amides is 1. The molecule has 0 aliphatic carbocycles. The summed E-state index contributed by atoms with van der Waals surface area (Å²) in [4.78, 5) is 23.4. The van der Waals surface area contributed by atoms with Gasteiger partial charge in [0, 0.05) is 11.3 Å². The summed E-state index contributed by atoms with van der Waals surface area (Å²) in [5, 5.41) is 2.83. The summed E-state index contributed by atoms with van der Waals surface area (Å²) in [6.45, 7) is 2.40. The Balaban J connectivity index is 2.66. The van der Waals surface area contributed by atoms with Gasteiger partial charge in [0.2, 0.25) is 11.8 Å². The van der Waals surface area contributed by atoms with Crippen molar-refractivity contribution in [2.45, 2.75) is 18.2 Å². The lowest BCUT2D eigenvalue weighted by atomic mass is 10.1. The van der Waals surface area contributed by atoms with E-state index in [1.54, 1.807) is 6.07 Å². The second kappa shape index (κ2) is 7.81. The van der Waals surface area contributed by atoms with Crippen molar-refractivity contribution in [3.8, 4) is 0 Å². The van der Waals surface area contributed by atoms with Gasteiger partial charge < -0.3 is 16.8 Å². The first-order valence-electron chi connectivity index (χ1n) is 6.03. The number of anilines is 1. The van der Waals surface area contributed by atoms with Gasteiger partial charge >= 0.3 is 0 Å². The summed E-state index contributed by atoms with van der Waals surface area (Å²) in [7, 11) is 0. The summed E-state index contributed by atoms with van der Waals surface area (Å²) in [5.74, 6) is -0.134. The maximum Gasteiger partial charge on any atom is 0.227 e. The van der Waals surface area contributed by atoms with Crippen molar-refractivity contribution in [3.63, 3.8) is 0 Å². The van der Waals surface area contributed by atoms with Crippen LogP contribution in [0.15, 0.2) is 29.2 Å². The largest absolute Gasteiger partial charge is 0.369 e. The lowest BCUT2D eigenvalue weighted by Gasteiger charge is -2.12. The number of carbonyl (C=O) groups excluding carboxylic acids is 2. The molecule has 0 aromatic heterocycles. The van der Waals surface area contributed by atoms with Crippen LogP contribution in [-0.2, 0) is 9.59 Å². The number of nitrogens with one attached hydrogen (secondary N) is 1. The number of rotatable bonds is 7. The predicted molar refractivity (Wildman–Crippen MR) is 77.8 cm³/mol. The van der Waals surface area contributed by atoms with Gasteiger partial charge in [0.1, 0.15) is 0 Å². The summed E-state index contributed by atoms with van der Waals surface area (Å²) in [5.41, 5.74) is 11.3. The Hall–Kier alpha value is -1.53. The highest BCUT2D eigenvalue weighted by Crippen LogP contribution is 2.26. The summed E-state index contributed by atoms with van der Waals surface area (Å²) in [6, 6.07) is 7.32. The molecule has 0 heterocycles. The number of hydrogen-bond acceptors (Lipinski definition) is 4. The SMILES string of the molecule is CC(CN)CC(=O)Nc1ccccc1SCC(N)=O. The zero-order valence-corrected chi connectivity index (χ0v) is 11.7. The minimum absolute atomic E-state index is 0.0786. The van der Waals surface area contributed by atoms with Gasteiger partial charge in [-0.3, -0.25) is 9.59 Å². The molecule has 5 N–H and O–H groups in total. The van der Waals surface area contributed by atoms with Crippen LogP contribution in [0.1, 0.15) is 13.3 Å². The molecule has 5 nitrogen and oxygen atoms in total. The third kappa shape index (κ3) is 5.76. The predicted octanol–water partition coefficient (Wildman–Crippen LogP) is 1.19. The van der Waals surface area contributed by atoms with Crippen LogP contribution >= 0.6 is 11.8 Å². The van der Waals surface area contributed by atoms with E-state index in [-0.39, 0.29) is 23.5 Å². The van der Waals surface area contributed by atoms with Crippen molar-refractivity contribution in [1.82, 2.24) is 0 Å². The van der Waals surface area contributed by atoms with Gasteiger partial charge in [0.05, 0.1) is 11.4 Å². The van der Waals surface area contributed by atoms with Gasteiger partial charge in [-0.25, -0.2) is 0 Å². The molecule has 1 unspecified atom stereocenters. The summed E-state index contributed by atoms with van der Waals surface area (Å²) >= 11 is 1.31. The van der Waals surface area contributed by atoms with Crippen molar-refractivity contribution in [3.05, 3.63) is 24.3 Å². The van der Waals surface area contributed by atoms with E-state index in [4.69, 9.17) is 11.5 Å². The minimum Gasteiger partial charge on any atom is -0.369 e. The zero-order chi connectivity index (χ0) is 14.3. The van der Waals surface area contributed by atoms with Gasteiger partial charge in [-0.15, -0.1) is 11.8 Å². The first-order chi connectivity index (χ1) is 9.02. The lowest BCUT2D eigenvalue weighted by molar-refractivity contribution is -0.117. The molecule has 0 aliphatic heterocycles. The third-order valence-corrected chi connectivity index (χ3v) is 3.56. The van der Waals surface area contributed by atoms with E-state index in [2.05, 4.69) is 5.32 Å². The van der Waals surface area contributed by atoms with Crippen LogP contribution in [0.2, 0.25) is 0 Å². The molecule has 0 radical (unpaired) electrons. The second-order valence-electron chi connectivity index (χ2n) is 4.34. The molecule has 0 bridgehead atoms. The standard InChI is InChI=1S/C13H19N3O2S/c1-9(7-14)6-13(18)16-10-4-2-3-5-11(10)19-8-12(15)17/h2-5,9H,6-8,14H2,1H3,(H2,15,17)(H,16,18). The Morgan fingerprint density at radius 3 is 2.68 bits per heavy atom. The Labute approximate surface area is 117 Å². The van der Waals surface area contributed by atoms with Gasteiger partial charge in [0.25, 0.3) is 0 Å². The number of para-hydroxylation sites is 1. The van der Waals surface area contributed by atoms with Crippen molar-refractivity contribution in [2.75, 3.05) is 17.6 Å². The maximum absolute atomic E-state index is 11.8. The van der Waals surface area contributed by atoms with E-state index >= 15 is 0 Å². The van der Waals surface area contributed by atoms with E-state index in [9.17, 15) is 9.59 Å². The van der Waals surface area contributed by atoms with Crippen molar-refractivity contribution in [1.29, 1.82) is 0 Å². The highest BCUT2D eigenvalue weighted by Gasteiger charge is 2.10. The van der Waals surface area contributed by atoms with Gasteiger partial charge in [-0.05, 0) is 24.6 Å². The first-order valence-corrected chi connectivity index (χ1v) is 7.01. The molecule has 19 heavy (non-hydrogen) atoms. The topological polar surface area (TPSA) is 98.2 Å². The van der Waals surface area contributed by atoms with E-state index in [0.29, 0.717) is 18.7 Å². The summed E-state index contributed by atoms with van der Waals surface area (Å²) < 4.78 is 0. The Morgan fingerprint density at radius 2 is 2.05 bits per heavy atom. The van der Waals surface area contributed by atoms with Gasteiger partial charge in [0.15, 0.2) is 0 Å². The summed E-state index contributed by atoms with van der Waals surface area (Å²) in [6.07, 6.45) is 0.380. The molecule has 104 valence electrons. The molecule has 1 aromatic rings. The monoisotopic (exact) mass is 281 g/mol. The average molecular weight is 281 g/mol. The Bertz CT molecular complexity index is 451. The van der Waals surface area contributed by atoms with Crippen LogP contribution in [0.25, 0.3) is 0 Å². The normalized spacial score (nSPS) is 11.9. The van der Waals surface area contributed by atoms with Gasteiger partial charge in [-0.2, -0.15) is 0 Å². The molecule has 6 heteroatoms. The van der Waals surface area contributed by atoms with Crippen molar-refractivity contribution in [2.24, 2.45) is 17.4 Å². The number of nitrogens with two attached hydrogens (primary N) is 2. The smallest absolute Gasteiger partial charge is 0.227 e. The zero-order valence-electron chi connectivity index (χ0n) is 10.9. The fourth-order valence-corrected chi connectivity index (χ4v) is 2.19. The number of hydrogen-bond donors (Lipinski definition) is 3. The van der Waals surface area contributed by atoms with Crippen LogP contribution < -0.4 is 16.8 Å². The van der Waals surface area contributed by atoms with Crippen LogP contribution in [0.5, 0.6) is 0 Å². The van der Waals surface area contributed by atoms with Crippen LogP contribution in [0, 0.1) is 5.92 Å². The lowest BCUT2D eigenvalue weighted by Crippen LogP contribution is -2.20. The van der Waals surface area contributed by atoms with E-state index in [0.717, 1.165) is 4.90 Å². The first kappa shape index (κ1) is 15.5. The molecule has 1 aromatic carbocycles. The fourth-order valence-electron chi connectivity index (χ4n) is 1.45. The van der Waals surface area contributed by atoms with Crippen LogP contribution in [0.3, 0.4) is 0 Å². The number of thioether (sulfide) groups is 1. The quantitative estimate of drug-likeness (QED) is 0.654. The Kier molecular flexibility index (Phi) is 6.38. The molecule has 1 rings (SSSR count). The van der Waals surface area contributed by atoms with E-state index in [1.165, 1.54) is 11.8 Å². The third-order valence-electron chi connectivity index (χ3n) is 2.47. The molecule has 0 saturated heterocycles. The van der Waals surface area contributed by atoms with Crippen molar-refractivity contribution < 1.29 is 9.59 Å².